The Balaban J connectivity index is 1.11. The molecule has 7 nitrogen and oxygen atoms in total. The summed E-state index contributed by atoms with van der Waals surface area (Å²) in [6.45, 7) is 6.49. The van der Waals surface area contributed by atoms with E-state index < -0.39 is 17.6 Å². The molecule has 1 N–H and O–H groups in total. The zero-order valence-electron chi connectivity index (χ0n) is 22.0. The fourth-order valence-electron chi connectivity index (χ4n) is 5.18. The Morgan fingerprint density at radius 3 is 2.31 bits per heavy atom. The maximum Gasteiger partial charge on any atom is 0.416 e. The van der Waals surface area contributed by atoms with Gasteiger partial charge in [-0.15, -0.1) is 0 Å². The number of hydrogen-bond acceptors (Lipinski definition) is 5. The summed E-state index contributed by atoms with van der Waals surface area (Å²) in [5, 5.41) is 2.45. The van der Waals surface area contributed by atoms with E-state index in [2.05, 4.69) is 15.1 Å². The third-order valence-electron chi connectivity index (χ3n) is 7.44. The molecule has 2 amide bonds. The van der Waals surface area contributed by atoms with Crippen LogP contribution in [0.25, 0.3) is 0 Å². The fraction of sp³-hybridized carbons (Fsp3) is 0.483. The standard InChI is InChI=1S/C29H35F3N4O3/c30-29(31,32)25-8-4-7-24(19-25)28(39)33-20-26(37)17-23-9-10-35(21-23)12-11-34-13-15-36(16-14-34)27(38)18-22-5-2-1-3-6-22/h1-8,19,23H,9-18,20-21H2,(H,33,39)/t23-/m0/s1. The molecule has 2 aromatic rings. The van der Waals surface area contributed by atoms with Crippen molar-refractivity contribution in [3.05, 3.63) is 71.3 Å². The van der Waals surface area contributed by atoms with Gasteiger partial charge in [0, 0.05) is 57.8 Å². The number of benzene rings is 2. The first-order valence-corrected chi connectivity index (χ1v) is 13.4. The van der Waals surface area contributed by atoms with Crippen LogP contribution in [0.3, 0.4) is 0 Å². The Labute approximate surface area is 226 Å². The number of amides is 2. The van der Waals surface area contributed by atoms with Crippen molar-refractivity contribution in [3.8, 4) is 0 Å². The highest BCUT2D eigenvalue weighted by Crippen LogP contribution is 2.29. The summed E-state index contributed by atoms with van der Waals surface area (Å²) in [6, 6.07) is 14.0. The van der Waals surface area contributed by atoms with Crippen LogP contribution in [0.1, 0.15) is 34.3 Å². The molecule has 2 aliphatic heterocycles. The predicted molar refractivity (Wildman–Crippen MR) is 141 cm³/mol. The molecule has 210 valence electrons. The molecule has 39 heavy (non-hydrogen) atoms. The lowest BCUT2D eigenvalue weighted by atomic mass is 10.0. The number of alkyl halides is 3. The van der Waals surface area contributed by atoms with Gasteiger partial charge in [0.2, 0.25) is 5.91 Å². The van der Waals surface area contributed by atoms with Crippen LogP contribution in [0.5, 0.6) is 0 Å². The van der Waals surface area contributed by atoms with Crippen LogP contribution in [0.2, 0.25) is 0 Å². The minimum Gasteiger partial charge on any atom is -0.345 e. The lowest BCUT2D eigenvalue weighted by Gasteiger charge is -2.35. The second-order valence-electron chi connectivity index (χ2n) is 10.3. The van der Waals surface area contributed by atoms with Gasteiger partial charge in [0.05, 0.1) is 18.5 Å². The van der Waals surface area contributed by atoms with E-state index in [1.807, 2.05) is 35.2 Å². The van der Waals surface area contributed by atoms with E-state index in [4.69, 9.17) is 0 Å². The molecule has 0 bridgehead atoms. The number of likely N-dealkylation sites (tertiary alicyclic amines) is 1. The number of halogens is 3. The van der Waals surface area contributed by atoms with E-state index in [9.17, 15) is 27.6 Å². The zero-order valence-corrected chi connectivity index (χ0v) is 22.0. The van der Waals surface area contributed by atoms with Crippen LogP contribution in [0, 0.1) is 5.92 Å². The van der Waals surface area contributed by atoms with Gasteiger partial charge in [-0.25, -0.2) is 0 Å². The first kappa shape index (κ1) is 28.8. The number of rotatable bonds is 10. The number of nitrogens with zero attached hydrogens (tertiary/aromatic N) is 3. The molecule has 4 rings (SSSR count). The average molecular weight is 545 g/mol. The number of nitrogens with one attached hydrogen (secondary N) is 1. The van der Waals surface area contributed by atoms with E-state index >= 15 is 0 Å². The van der Waals surface area contributed by atoms with Crippen LogP contribution >= 0.6 is 0 Å². The summed E-state index contributed by atoms with van der Waals surface area (Å²) in [5.74, 6) is -0.447. The number of ketones is 1. The average Bonchev–Trinajstić information content (AvgIpc) is 3.38. The summed E-state index contributed by atoms with van der Waals surface area (Å²) in [6.07, 6.45) is -2.86. The highest BCUT2D eigenvalue weighted by molar-refractivity contribution is 5.96. The molecule has 0 aromatic heterocycles. The Hall–Kier alpha value is -3.24. The monoisotopic (exact) mass is 544 g/mol. The number of piperazine rings is 1. The van der Waals surface area contributed by atoms with E-state index in [1.165, 1.54) is 12.1 Å². The maximum atomic E-state index is 12.9. The largest absolute Gasteiger partial charge is 0.416 e. The van der Waals surface area contributed by atoms with Crippen LogP contribution < -0.4 is 5.32 Å². The van der Waals surface area contributed by atoms with Crippen LogP contribution in [0.4, 0.5) is 13.2 Å². The molecule has 2 aliphatic rings. The predicted octanol–water partition coefficient (Wildman–Crippen LogP) is 3.10. The van der Waals surface area contributed by atoms with Crippen molar-refractivity contribution in [2.24, 2.45) is 5.92 Å². The van der Waals surface area contributed by atoms with Gasteiger partial charge in [-0.1, -0.05) is 36.4 Å². The first-order chi connectivity index (χ1) is 18.7. The van der Waals surface area contributed by atoms with Crippen LogP contribution in [0.15, 0.2) is 54.6 Å². The van der Waals surface area contributed by atoms with E-state index in [-0.39, 0.29) is 29.7 Å². The lowest BCUT2D eigenvalue weighted by molar-refractivity contribution is -0.137. The number of carbonyl (C=O) groups is 3. The normalized spacial score (nSPS) is 18.7. The molecule has 0 saturated carbocycles. The van der Waals surface area contributed by atoms with Crippen LogP contribution in [-0.4, -0.2) is 91.2 Å². The second kappa shape index (κ2) is 13.2. The van der Waals surface area contributed by atoms with E-state index in [1.54, 1.807) is 0 Å². The SMILES string of the molecule is O=C(CNC(=O)c1cccc(C(F)(F)F)c1)C[C@@H]1CCN(CCN2CCN(C(=O)Cc3ccccc3)CC2)C1. The molecule has 0 unspecified atom stereocenters. The second-order valence-corrected chi connectivity index (χ2v) is 10.3. The molecular formula is C29H35F3N4O3. The smallest absolute Gasteiger partial charge is 0.345 e. The third kappa shape index (κ3) is 8.63. The zero-order chi connectivity index (χ0) is 27.8. The van der Waals surface area contributed by atoms with Gasteiger partial charge in [0.1, 0.15) is 0 Å². The van der Waals surface area contributed by atoms with Crippen molar-refractivity contribution in [3.63, 3.8) is 0 Å². The summed E-state index contributed by atoms with van der Waals surface area (Å²) < 4.78 is 38.6. The highest BCUT2D eigenvalue weighted by atomic mass is 19.4. The minimum atomic E-state index is -4.53. The van der Waals surface area contributed by atoms with Gasteiger partial charge < -0.3 is 15.1 Å². The van der Waals surface area contributed by atoms with Gasteiger partial charge in [-0.05, 0) is 42.6 Å². The Morgan fingerprint density at radius 1 is 0.872 bits per heavy atom. The Morgan fingerprint density at radius 2 is 1.59 bits per heavy atom. The third-order valence-corrected chi connectivity index (χ3v) is 7.44. The molecule has 0 spiro atoms. The Kier molecular flexibility index (Phi) is 9.74. The number of carbonyl (C=O) groups excluding carboxylic acids is 3. The van der Waals surface area contributed by atoms with Crippen molar-refractivity contribution in [2.45, 2.75) is 25.4 Å². The van der Waals surface area contributed by atoms with E-state index in [0.717, 1.165) is 76.5 Å². The molecule has 0 aliphatic carbocycles. The molecule has 2 heterocycles. The van der Waals surface area contributed by atoms with Crippen molar-refractivity contribution in [1.82, 2.24) is 20.0 Å². The van der Waals surface area contributed by atoms with Crippen molar-refractivity contribution >= 4 is 17.6 Å². The molecule has 2 saturated heterocycles. The van der Waals surface area contributed by atoms with E-state index in [0.29, 0.717) is 12.8 Å². The van der Waals surface area contributed by atoms with Crippen molar-refractivity contribution in [1.29, 1.82) is 0 Å². The number of hydrogen-bond donors (Lipinski definition) is 1. The van der Waals surface area contributed by atoms with Gasteiger partial charge in [0.15, 0.2) is 5.78 Å². The quantitative estimate of drug-likeness (QED) is 0.498. The highest BCUT2D eigenvalue weighted by Gasteiger charge is 2.31. The maximum absolute atomic E-state index is 12.9. The fourth-order valence-corrected chi connectivity index (χ4v) is 5.18. The van der Waals surface area contributed by atoms with Gasteiger partial charge >= 0.3 is 6.18 Å². The summed E-state index contributed by atoms with van der Waals surface area (Å²) in [4.78, 5) is 43.9. The molecule has 2 fully saturated rings. The molecule has 10 heteroatoms. The molecular weight excluding hydrogens is 509 g/mol. The molecule has 1 atom stereocenters. The first-order valence-electron chi connectivity index (χ1n) is 13.4. The summed E-state index contributed by atoms with van der Waals surface area (Å²) in [7, 11) is 0. The van der Waals surface area contributed by atoms with Crippen molar-refractivity contribution < 1.29 is 27.6 Å². The van der Waals surface area contributed by atoms with Gasteiger partial charge in [-0.2, -0.15) is 13.2 Å². The minimum absolute atomic E-state index is 0.119. The molecule has 0 radical (unpaired) electrons. The summed E-state index contributed by atoms with van der Waals surface area (Å²) >= 11 is 0. The summed E-state index contributed by atoms with van der Waals surface area (Å²) in [5.41, 5.74) is 0.0158. The molecule has 2 aromatic carbocycles. The topological polar surface area (TPSA) is 73.0 Å². The van der Waals surface area contributed by atoms with Crippen molar-refractivity contribution in [2.75, 3.05) is 58.9 Å². The Bertz CT molecular complexity index is 1130. The van der Waals surface area contributed by atoms with Crippen LogP contribution in [-0.2, 0) is 22.2 Å². The van der Waals surface area contributed by atoms with Gasteiger partial charge in [0.25, 0.3) is 5.91 Å². The lowest BCUT2D eigenvalue weighted by Crippen LogP contribution is -2.50. The van der Waals surface area contributed by atoms with Gasteiger partial charge in [-0.3, -0.25) is 19.3 Å². The number of Topliss-reactive ketones (excluding diaryl/α,β-unsaturated/α-hetero) is 1.